The van der Waals surface area contributed by atoms with E-state index >= 15 is 0 Å². The number of amides is 1. The van der Waals surface area contributed by atoms with Gasteiger partial charge in [0.15, 0.2) is 0 Å². The second kappa shape index (κ2) is 6.97. The summed E-state index contributed by atoms with van der Waals surface area (Å²) >= 11 is 5.95. The highest BCUT2D eigenvalue weighted by Crippen LogP contribution is 2.24. The monoisotopic (exact) mass is 353 g/mol. The fourth-order valence-electron chi connectivity index (χ4n) is 1.96. The van der Waals surface area contributed by atoms with Crippen molar-refractivity contribution in [3.63, 3.8) is 0 Å². The first-order valence-electron chi connectivity index (χ1n) is 6.69. The molecule has 2 aromatic rings. The van der Waals surface area contributed by atoms with E-state index in [0.29, 0.717) is 12.1 Å². The summed E-state index contributed by atoms with van der Waals surface area (Å²) in [7, 11) is -1.83. The number of halogens is 1. The third-order valence-corrected chi connectivity index (χ3v) is 3.90. The van der Waals surface area contributed by atoms with Crippen molar-refractivity contribution in [3.05, 3.63) is 58.9 Å². The molecule has 0 bridgehead atoms. The standard InChI is InChI=1S/C15H16ClN3O3S/c1-19(10-12-5-3-4-8-17-12)15(20)11-6-7-13(16)14(9-11)18-23(2,21)22/h3-9,18H,10H2,1-2H3. The predicted molar refractivity (Wildman–Crippen MR) is 90.0 cm³/mol. The first kappa shape index (κ1) is 17.2. The van der Waals surface area contributed by atoms with E-state index in [-0.39, 0.29) is 16.6 Å². The third kappa shape index (κ3) is 4.94. The van der Waals surface area contributed by atoms with E-state index in [1.807, 2.05) is 12.1 Å². The van der Waals surface area contributed by atoms with Crippen LogP contribution in [-0.4, -0.2) is 37.5 Å². The molecule has 122 valence electrons. The molecule has 0 saturated heterocycles. The second-order valence-electron chi connectivity index (χ2n) is 5.05. The lowest BCUT2D eigenvalue weighted by molar-refractivity contribution is 0.0783. The molecule has 0 atom stereocenters. The molecule has 0 radical (unpaired) electrons. The summed E-state index contributed by atoms with van der Waals surface area (Å²) in [5, 5.41) is 0.222. The van der Waals surface area contributed by atoms with E-state index < -0.39 is 10.0 Å². The largest absolute Gasteiger partial charge is 0.336 e. The van der Waals surface area contributed by atoms with Crippen molar-refractivity contribution in [2.45, 2.75) is 6.54 Å². The Hall–Kier alpha value is -2.12. The van der Waals surface area contributed by atoms with Crippen LogP contribution in [0.5, 0.6) is 0 Å². The molecule has 0 aliphatic rings. The topological polar surface area (TPSA) is 79.4 Å². The zero-order chi connectivity index (χ0) is 17.0. The van der Waals surface area contributed by atoms with Gasteiger partial charge in [-0.15, -0.1) is 0 Å². The normalized spacial score (nSPS) is 11.1. The quantitative estimate of drug-likeness (QED) is 0.895. The van der Waals surface area contributed by atoms with Crippen LogP contribution in [0, 0.1) is 0 Å². The molecule has 0 fully saturated rings. The van der Waals surface area contributed by atoms with Crippen molar-refractivity contribution in [1.29, 1.82) is 0 Å². The molecular weight excluding hydrogens is 338 g/mol. The Bertz CT molecular complexity index is 810. The van der Waals surface area contributed by atoms with Crippen LogP contribution in [0.1, 0.15) is 16.1 Å². The lowest BCUT2D eigenvalue weighted by Crippen LogP contribution is -2.26. The van der Waals surface area contributed by atoms with Gasteiger partial charge in [-0.3, -0.25) is 14.5 Å². The van der Waals surface area contributed by atoms with Crippen molar-refractivity contribution in [1.82, 2.24) is 9.88 Å². The number of pyridine rings is 1. The minimum absolute atomic E-state index is 0.172. The van der Waals surface area contributed by atoms with E-state index in [0.717, 1.165) is 11.9 Å². The van der Waals surface area contributed by atoms with Gasteiger partial charge >= 0.3 is 0 Å². The number of anilines is 1. The molecule has 0 aliphatic heterocycles. The summed E-state index contributed by atoms with van der Waals surface area (Å²) in [5.41, 5.74) is 1.26. The number of carbonyl (C=O) groups is 1. The molecule has 1 aromatic heterocycles. The summed E-state index contributed by atoms with van der Waals surface area (Å²) in [4.78, 5) is 18.1. The van der Waals surface area contributed by atoms with Crippen LogP contribution < -0.4 is 4.72 Å². The van der Waals surface area contributed by atoms with Crippen molar-refractivity contribution in [3.8, 4) is 0 Å². The molecule has 0 saturated carbocycles. The lowest BCUT2D eigenvalue weighted by atomic mass is 10.1. The van der Waals surface area contributed by atoms with E-state index in [1.54, 1.807) is 25.4 Å². The second-order valence-corrected chi connectivity index (χ2v) is 7.21. The molecule has 23 heavy (non-hydrogen) atoms. The summed E-state index contributed by atoms with van der Waals surface area (Å²) in [6, 6.07) is 9.91. The van der Waals surface area contributed by atoms with Gasteiger partial charge in [0.05, 0.1) is 29.2 Å². The highest BCUT2D eigenvalue weighted by atomic mass is 35.5. The van der Waals surface area contributed by atoms with Crippen molar-refractivity contribution in [2.75, 3.05) is 18.0 Å². The molecule has 1 heterocycles. The summed E-state index contributed by atoms with van der Waals surface area (Å²) in [6.07, 6.45) is 2.68. The average molecular weight is 354 g/mol. The number of benzene rings is 1. The van der Waals surface area contributed by atoms with Gasteiger partial charge in [-0.1, -0.05) is 17.7 Å². The van der Waals surface area contributed by atoms with Crippen LogP contribution in [0.4, 0.5) is 5.69 Å². The molecule has 0 unspecified atom stereocenters. The van der Waals surface area contributed by atoms with Gasteiger partial charge in [-0.05, 0) is 30.3 Å². The van der Waals surface area contributed by atoms with Crippen LogP contribution in [0.3, 0.4) is 0 Å². The number of aromatic nitrogens is 1. The maximum atomic E-state index is 12.5. The summed E-state index contributed by atoms with van der Waals surface area (Å²) < 4.78 is 25.0. The fraction of sp³-hybridized carbons (Fsp3) is 0.200. The predicted octanol–water partition coefficient (Wildman–Crippen LogP) is 2.38. The van der Waals surface area contributed by atoms with E-state index in [4.69, 9.17) is 11.6 Å². The number of sulfonamides is 1. The number of hydrogen-bond acceptors (Lipinski definition) is 4. The maximum Gasteiger partial charge on any atom is 0.254 e. The lowest BCUT2D eigenvalue weighted by Gasteiger charge is -2.17. The number of nitrogens with one attached hydrogen (secondary N) is 1. The van der Waals surface area contributed by atoms with Crippen molar-refractivity contribution in [2.24, 2.45) is 0 Å². The third-order valence-electron chi connectivity index (χ3n) is 2.98. The van der Waals surface area contributed by atoms with Gasteiger partial charge in [0, 0.05) is 18.8 Å². The number of carbonyl (C=O) groups excluding carboxylic acids is 1. The molecule has 6 nitrogen and oxygen atoms in total. The number of hydrogen-bond donors (Lipinski definition) is 1. The van der Waals surface area contributed by atoms with Gasteiger partial charge in [-0.2, -0.15) is 0 Å². The highest BCUT2D eigenvalue weighted by Gasteiger charge is 2.15. The molecule has 2 rings (SSSR count). The van der Waals surface area contributed by atoms with E-state index in [9.17, 15) is 13.2 Å². The first-order chi connectivity index (χ1) is 10.8. The molecule has 1 amide bonds. The smallest absolute Gasteiger partial charge is 0.254 e. The molecular formula is C15H16ClN3O3S. The van der Waals surface area contributed by atoms with Crippen LogP contribution in [0.25, 0.3) is 0 Å². The average Bonchev–Trinajstić information content (AvgIpc) is 2.48. The maximum absolute atomic E-state index is 12.5. The Kier molecular flexibility index (Phi) is 5.23. The van der Waals surface area contributed by atoms with Gasteiger partial charge in [0.1, 0.15) is 0 Å². The molecule has 1 N–H and O–H groups in total. The zero-order valence-electron chi connectivity index (χ0n) is 12.7. The number of rotatable bonds is 5. The van der Waals surface area contributed by atoms with Gasteiger partial charge in [0.2, 0.25) is 10.0 Å². The fourth-order valence-corrected chi connectivity index (χ4v) is 2.75. The zero-order valence-corrected chi connectivity index (χ0v) is 14.2. The van der Waals surface area contributed by atoms with Crippen molar-refractivity contribution >= 4 is 33.2 Å². The summed E-state index contributed by atoms with van der Waals surface area (Å²) in [6.45, 7) is 0.344. The molecule has 0 aliphatic carbocycles. The van der Waals surface area contributed by atoms with Crippen LogP contribution in [0.2, 0.25) is 5.02 Å². The van der Waals surface area contributed by atoms with Gasteiger partial charge < -0.3 is 4.90 Å². The van der Waals surface area contributed by atoms with Gasteiger partial charge in [-0.25, -0.2) is 8.42 Å². The minimum Gasteiger partial charge on any atom is -0.336 e. The molecule has 8 heteroatoms. The SMILES string of the molecule is CN(Cc1ccccn1)C(=O)c1ccc(Cl)c(NS(C)(=O)=O)c1. The van der Waals surface area contributed by atoms with Crippen LogP contribution in [0.15, 0.2) is 42.6 Å². The molecule has 1 aromatic carbocycles. The van der Waals surface area contributed by atoms with E-state index in [1.165, 1.54) is 17.0 Å². The summed E-state index contributed by atoms with van der Waals surface area (Å²) in [5.74, 6) is -0.260. The number of nitrogens with zero attached hydrogens (tertiary/aromatic N) is 2. The highest BCUT2D eigenvalue weighted by molar-refractivity contribution is 7.92. The Morgan fingerprint density at radius 3 is 2.65 bits per heavy atom. The van der Waals surface area contributed by atoms with Gasteiger partial charge in [0.25, 0.3) is 5.91 Å². The Morgan fingerprint density at radius 2 is 2.04 bits per heavy atom. The minimum atomic E-state index is -3.48. The molecule has 0 spiro atoms. The van der Waals surface area contributed by atoms with Crippen molar-refractivity contribution < 1.29 is 13.2 Å². The van der Waals surface area contributed by atoms with Crippen LogP contribution in [-0.2, 0) is 16.6 Å². The Labute approximate surface area is 140 Å². The first-order valence-corrected chi connectivity index (χ1v) is 8.96. The Balaban J connectivity index is 2.20. The Morgan fingerprint density at radius 1 is 1.30 bits per heavy atom. The van der Waals surface area contributed by atoms with E-state index in [2.05, 4.69) is 9.71 Å². The van der Waals surface area contributed by atoms with Crippen LogP contribution >= 0.6 is 11.6 Å².